The van der Waals surface area contributed by atoms with Gasteiger partial charge in [-0.3, -0.25) is 9.69 Å². The SMILES string of the molecule is CN1Cc2ccc(Cl)cc2CC1CNC(=O)C1CCc2ccccc2C1. The van der Waals surface area contributed by atoms with Crippen LogP contribution in [0.25, 0.3) is 0 Å². The zero-order chi connectivity index (χ0) is 18.1. The third-order valence-electron chi connectivity index (χ3n) is 5.90. The maximum absolute atomic E-state index is 12.7. The number of likely N-dealkylation sites (N-methyl/N-ethyl adjacent to an activating group) is 1. The Morgan fingerprint density at radius 1 is 1.12 bits per heavy atom. The van der Waals surface area contributed by atoms with Gasteiger partial charge in [-0.05, 0) is 67.1 Å². The molecule has 2 atom stereocenters. The maximum Gasteiger partial charge on any atom is 0.223 e. The minimum Gasteiger partial charge on any atom is -0.354 e. The zero-order valence-electron chi connectivity index (χ0n) is 15.2. The molecular weight excluding hydrogens is 344 g/mol. The van der Waals surface area contributed by atoms with Gasteiger partial charge >= 0.3 is 0 Å². The van der Waals surface area contributed by atoms with Crippen LogP contribution in [0.15, 0.2) is 42.5 Å². The molecule has 1 heterocycles. The van der Waals surface area contributed by atoms with Crippen molar-refractivity contribution in [1.82, 2.24) is 10.2 Å². The lowest BCUT2D eigenvalue weighted by Crippen LogP contribution is -2.47. The molecule has 3 nitrogen and oxygen atoms in total. The minimum atomic E-state index is 0.0977. The summed E-state index contributed by atoms with van der Waals surface area (Å²) in [6.07, 6.45) is 3.74. The summed E-state index contributed by atoms with van der Waals surface area (Å²) < 4.78 is 0. The van der Waals surface area contributed by atoms with Gasteiger partial charge in [0.25, 0.3) is 0 Å². The summed E-state index contributed by atoms with van der Waals surface area (Å²) in [5, 5.41) is 4.00. The van der Waals surface area contributed by atoms with Crippen LogP contribution in [-0.4, -0.2) is 30.4 Å². The van der Waals surface area contributed by atoms with Crippen molar-refractivity contribution in [3.05, 3.63) is 69.7 Å². The second-order valence-electron chi connectivity index (χ2n) is 7.64. The second-order valence-corrected chi connectivity index (χ2v) is 8.08. The number of halogens is 1. The third-order valence-corrected chi connectivity index (χ3v) is 6.13. The van der Waals surface area contributed by atoms with Crippen molar-refractivity contribution < 1.29 is 4.79 Å². The number of hydrogen-bond donors (Lipinski definition) is 1. The number of carbonyl (C=O) groups is 1. The van der Waals surface area contributed by atoms with E-state index in [1.807, 2.05) is 6.07 Å². The molecule has 2 aliphatic rings. The molecule has 1 N–H and O–H groups in total. The van der Waals surface area contributed by atoms with E-state index in [2.05, 4.69) is 53.7 Å². The van der Waals surface area contributed by atoms with E-state index in [1.165, 1.54) is 22.3 Å². The van der Waals surface area contributed by atoms with Crippen LogP contribution < -0.4 is 5.32 Å². The summed E-state index contributed by atoms with van der Waals surface area (Å²) in [6, 6.07) is 14.9. The summed E-state index contributed by atoms with van der Waals surface area (Å²) in [5.41, 5.74) is 5.37. The first-order valence-electron chi connectivity index (χ1n) is 9.42. The van der Waals surface area contributed by atoms with Gasteiger partial charge in [-0.15, -0.1) is 0 Å². The molecule has 2 aromatic carbocycles. The van der Waals surface area contributed by atoms with E-state index in [0.717, 1.165) is 37.3 Å². The lowest BCUT2D eigenvalue weighted by atomic mass is 9.83. The quantitative estimate of drug-likeness (QED) is 0.897. The van der Waals surface area contributed by atoms with E-state index in [4.69, 9.17) is 11.6 Å². The second kappa shape index (κ2) is 7.42. The van der Waals surface area contributed by atoms with Crippen molar-refractivity contribution in [2.75, 3.05) is 13.6 Å². The lowest BCUT2D eigenvalue weighted by Gasteiger charge is -2.34. The Labute approximate surface area is 160 Å². The van der Waals surface area contributed by atoms with Gasteiger partial charge in [0, 0.05) is 30.1 Å². The Morgan fingerprint density at radius 3 is 2.77 bits per heavy atom. The van der Waals surface area contributed by atoms with Gasteiger partial charge < -0.3 is 5.32 Å². The molecule has 0 saturated heterocycles. The van der Waals surface area contributed by atoms with Crippen LogP contribution in [0.5, 0.6) is 0 Å². The number of benzene rings is 2. The molecule has 1 aliphatic heterocycles. The Kier molecular flexibility index (Phi) is 5.01. The summed E-state index contributed by atoms with van der Waals surface area (Å²) in [4.78, 5) is 15.0. The molecule has 0 bridgehead atoms. The molecule has 2 aromatic rings. The summed E-state index contributed by atoms with van der Waals surface area (Å²) in [7, 11) is 2.13. The van der Waals surface area contributed by atoms with Gasteiger partial charge in [0.1, 0.15) is 0 Å². The first-order valence-corrected chi connectivity index (χ1v) is 9.80. The van der Waals surface area contributed by atoms with Gasteiger partial charge in [0.05, 0.1) is 0 Å². The number of fused-ring (bicyclic) bond motifs is 2. The Balaban J connectivity index is 1.36. The first kappa shape index (κ1) is 17.6. The Morgan fingerprint density at radius 2 is 1.92 bits per heavy atom. The summed E-state index contributed by atoms with van der Waals surface area (Å²) >= 11 is 6.15. The van der Waals surface area contributed by atoms with E-state index in [1.54, 1.807) is 0 Å². The topological polar surface area (TPSA) is 32.3 Å². The molecule has 2 unspecified atom stereocenters. The van der Waals surface area contributed by atoms with Crippen LogP contribution in [0, 0.1) is 5.92 Å². The van der Waals surface area contributed by atoms with Crippen LogP contribution in [0.4, 0.5) is 0 Å². The highest BCUT2D eigenvalue weighted by atomic mass is 35.5. The molecule has 26 heavy (non-hydrogen) atoms. The number of carbonyl (C=O) groups excluding carboxylic acids is 1. The normalized spacial score (nSPS) is 22.4. The van der Waals surface area contributed by atoms with E-state index >= 15 is 0 Å². The molecule has 4 heteroatoms. The van der Waals surface area contributed by atoms with Crippen LogP contribution in [0.3, 0.4) is 0 Å². The van der Waals surface area contributed by atoms with Crippen LogP contribution >= 0.6 is 11.6 Å². The van der Waals surface area contributed by atoms with Crippen molar-refractivity contribution in [2.45, 2.75) is 38.3 Å². The van der Waals surface area contributed by atoms with Gasteiger partial charge in [-0.1, -0.05) is 41.9 Å². The highest BCUT2D eigenvalue weighted by Gasteiger charge is 2.27. The van der Waals surface area contributed by atoms with Crippen molar-refractivity contribution in [1.29, 1.82) is 0 Å². The van der Waals surface area contributed by atoms with Crippen molar-refractivity contribution in [3.63, 3.8) is 0 Å². The number of nitrogens with zero attached hydrogens (tertiary/aromatic N) is 1. The van der Waals surface area contributed by atoms with E-state index in [9.17, 15) is 4.79 Å². The van der Waals surface area contributed by atoms with Gasteiger partial charge in [0.15, 0.2) is 0 Å². The third kappa shape index (κ3) is 3.65. The average Bonchev–Trinajstić information content (AvgIpc) is 2.66. The molecular formula is C22H25ClN2O. The predicted octanol–water partition coefficient (Wildman–Crippen LogP) is 3.62. The first-order chi connectivity index (χ1) is 12.6. The molecule has 136 valence electrons. The Bertz CT molecular complexity index is 820. The minimum absolute atomic E-state index is 0.0977. The highest BCUT2D eigenvalue weighted by Crippen LogP contribution is 2.27. The summed E-state index contributed by atoms with van der Waals surface area (Å²) in [5.74, 6) is 0.297. The standard InChI is InChI=1S/C22H25ClN2O/c1-25-14-18-8-9-20(23)11-19(18)12-21(25)13-24-22(26)17-7-6-15-4-2-3-5-16(15)10-17/h2-5,8-9,11,17,21H,6-7,10,12-14H2,1H3,(H,24,26). The van der Waals surface area contributed by atoms with Crippen molar-refractivity contribution >= 4 is 17.5 Å². The number of hydrogen-bond acceptors (Lipinski definition) is 2. The van der Waals surface area contributed by atoms with E-state index in [-0.39, 0.29) is 11.8 Å². The number of amides is 1. The molecule has 1 amide bonds. The van der Waals surface area contributed by atoms with Gasteiger partial charge in [0.2, 0.25) is 5.91 Å². The molecule has 0 spiro atoms. The van der Waals surface area contributed by atoms with Crippen LogP contribution in [-0.2, 0) is 30.6 Å². The van der Waals surface area contributed by atoms with Crippen molar-refractivity contribution in [3.8, 4) is 0 Å². The van der Waals surface area contributed by atoms with E-state index < -0.39 is 0 Å². The van der Waals surface area contributed by atoms with Crippen molar-refractivity contribution in [2.24, 2.45) is 5.92 Å². The smallest absolute Gasteiger partial charge is 0.223 e. The van der Waals surface area contributed by atoms with Crippen LogP contribution in [0.2, 0.25) is 5.02 Å². The summed E-state index contributed by atoms with van der Waals surface area (Å²) in [6.45, 7) is 1.60. The highest BCUT2D eigenvalue weighted by molar-refractivity contribution is 6.30. The lowest BCUT2D eigenvalue weighted by molar-refractivity contribution is -0.125. The Hall–Kier alpha value is -1.84. The van der Waals surface area contributed by atoms with Gasteiger partial charge in [-0.2, -0.15) is 0 Å². The molecule has 0 fully saturated rings. The maximum atomic E-state index is 12.7. The fourth-order valence-corrected chi connectivity index (χ4v) is 4.45. The number of rotatable bonds is 3. The molecule has 4 rings (SSSR count). The number of nitrogens with one attached hydrogen (secondary N) is 1. The fourth-order valence-electron chi connectivity index (χ4n) is 4.26. The predicted molar refractivity (Wildman–Crippen MR) is 105 cm³/mol. The molecule has 1 aliphatic carbocycles. The van der Waals surface area contributed by atoms with Crippen LogP contribution in [0.1, 0.15) is 28.7 Å². The average molecular weight is 369 g/mol. The molecule has 0 radical (unpaired) electrons. The van der Waals surface area contributed by atoms with E-state index in [0.29, 0.717) is 12.6 Å². The zero-order valence-corrected chi connectivity index (χ0v) is 15.9. The molecule has 0 saturated carbocycles. The molecule has 0 aromatic heterocycles. The van der Waals surface area contributed by atoms with Gasteiger partial charge in [-0.25, -0.2) is 0 Å². The number of aryl methyl sites for hydroxylation is 1. The fraction of sp³-hybridized carbons (Fsp3) is 0.409. The monoisotopic (exact) mass is 368 g/mol. The largest absolute Gasteiger partial charge is 0.354 e.